The van der Waals surface area contributed by atoms with Gasteiger partial charge < -0.3 is 15.3 Å². The van der Waals surface area contributed by atoms with E-state index >= 15 is 0 Å². The number of nitrogens with one attached hydrogen (secondary N) is 1. The minimum Gasteiger partial charge on any atom is -0.390 e. The number of alkyl halides is 2. The van der Waals surface area contributed by atoms with Crippen LogP contribution in [0.15, 0.2) is 0 Å². The second-order valence-electron chi connectivity index (χ2n) is 4.09. The Morgan fingerprint density at radius 3 is 2.56 bits per heavy atom. The van der Waals surface area contributed by atoms with Crippen molar-refractivity contribution >= 4 is 5.91 Å². The smallest absolute Gasteiger partial charge is 0.287 e. The monoisotopic (exact) mass is 236 g/mol. The average molecular weight is 236 g/mol. The molecule has 0 atom stereocenters. The van der Waals surface area contributed by atoms with Crippen molar-refractivity contribution in [3.63, 3.8) is 0 Å². The standard InChI is InChI=1S/C10H18F2N2O2/c11-10(12,8-15)7-13-9(16)3-6-14-4-1-2-5-14/h15H,1-8H2,(H,13,16). The molecule has 0 unspecified atom stereocenters. The molecule has 0 bridgehead atoms. The zero-order valence-corrected chi connectivity index (χ0v) is 9.22. The van der Waals surface area contributed by atoms with Crippen molar-refractivity contribution in [3.8, 4) is 0 Å². The highest BCUT2D eigenvalue weighted by atomic mass is 19.3. The number of halogens is 2. The first-order chi connectivity index (χ1) is 7.53. The summed E-state index contributed by atoms with van der Waals surface area (Å²) < 4.78 is 25.2. The van der Waals surface area contributed by atoms with Crippen molar-refractivity contribution in [2.45, 2.75) is 25.2 Å². The van der Waals surface area contributed by atoms with Crippen LogP contribution in [0.4, 0.5) is 8.78 Å². The summed E-state index contributed by atoms with van der Waals surface area (Å²) in [6.07, 6.45) is 2.52. The quantitative estimate of drug-likeness (QED) is 0.693. The second-order valence-corrected chi connectivity index (χ2v) is 4.09. The first-order valence-corrected chi connectivity index (χ1v) is 5.51. The SMILES string of the molecule is O=C(CCN1CCCC1)NCC(F)(F)CO. The molecular formula is C10H18F2N2O2. The van der Waals surface area contributed by atoms with Gasteiger partial charge in [0.1, 0.15) is 6.61 Å². The third kappa shape index (κ3) is 4.85. The maximum Gasteiger partial charge on any atom is 0.287 e. The van der Waals surface area contributed by atoms with Crippen LogP contribution in [0.5, 0.6) is 0 Å². The third-order valence-corrected chi connectivity index (χ3v) is 2.63. The van der Waals surface area contributed by atoms with Gasteiger partial charge in [-0.3, -0.25) is 4.79 Å². The lowest BCUT2D eigenvalue weighted by Gasteiger charge is -2.16. The van der Waals surface area contributed by atoms with E-state index in [2.05, 4.69) is 10.2 Å². The Balaban J connectivity index is 2.10. The number of aliphatic hydroxyl groups excluding tert-OH is 1. The van der Waals surface area contributed by atoms with Crippen molar-refractivity contribution in [3.05, 3.63) is 0 Å². The fourth-order valence-electron chi connectivity index (χ4n) is 1.64. The molecule has 2 N–H and O–H groups in total. The lowest BCUT2D eigenvalue weighted by Crippen LogP contribution is -2.40. The molecule has 0 aromatic carbocycles. The van der Waals surface area contributed by atoms with Gasteiger partial charge in [0.2, 0.25) is 5.91 Å². The lowest BCUT2D eigenvalue weighted by atomic mass is 10.3. The Morgan fingerprint density at radius 1 is 1.38 bits per heavy atom. The van der Waals surface area contributed by atoms with Crippen LogP contribution in [0, 0.1) is 0 Å². The molecule has 6 heteroatoms. The number of likely N-dealkylation sites (tertiary alicyclic amines) is 1. The Kier molecular flexibility index (Phi) is 5.08. The van der Waals surface area contributed by atoms with Gasteiger partial charge in [0, 0.05) is 13.0 Å². The van der Waals surface area contributed by atoms with E-state index in [0.717, 1.165) is 25.9 Å². The van der Waals surface area contributed by atoms with Crippen molar-refractivity contribution < 1.29 is 18.7 Å². The predicted octanol–water partition coefficient (Wildman–Crippen LogP) is 0.216. The summed E-state index contributed by atoms with van der Waals surface area (Å²) in [6, 6.07) is 0. The number of amides is 1. The zero-order chi connectivity index (χ0) is 12.0. The fraction of sp³-hybridized carbons (Fsp3) is 0.900. The van der Waals surface area contributed by atoms with E-state index in [4.69, 9.17) is 5.11 Å². The van der Waals surface area contributed by atoms with Gasteiger partial charge in [-0.25, -0.2) is 8.78 Å². The minimum absolute atomic E-state index is 0.238. The highest BCUT2D eigenvalue weighted by Crippen LogP contribution is 2.10. The number of carbonyl (C=O) groups excluding carboxylic acids is 1. The van der Waals surface area contributed by atoms with Gasteiger partial charge in [-0.05, 0) is 25.9 Å². The molecule has 1 amide bonds. The Labute approximate surface area is 93.6 Å². The Hall–Kier alpha value is -0.750. The number of nitrogens with zero attached hydrogens (tertiary/aromatic N) is 1. The van der Waals surface area contributed by atoms with E-state index in [1.54, 1.807) is 0 Å². The van der Waals surface area contributed by atoms with Gasteiger partial charge in [-0.2, -0.15) is 0 Å². The minimum atomic E-state index is -3.22. The first-order valence-electron chi connectivity index (χ1n) is 5.51. The van der Waals surface area contributed by atoms with Crippen LogP contribution in [-0.4, -0.2) is 54.6 Å². The fourth-order valence-corrected chi connectivity index (χ4v) is 1.64. The summed E-state index contributed by atoms with van der Waals surface area (Å²) in [4.78, 5) is 13.4. The van der Waals surface area contributed by atoms with Gasteiger partial charge in [0.05, 0.1) is 6.54 Å². The van der Waals surface area contributed by atoms with Crippen LogP contribution < -0.4 is 5.32 Å². The molecule has 0 aromatic heterocycles. The highest BCUT2D eigenvalue weighted by Gasteiger charge is 2.28. The number of carbonyl (C=O) groups is 1. The van der Waals surface area contributed by atoms with E-state index in [1.165, 1.54) is 0 Å². The number of hydrogen-bond donors (Lipinski definition) is 2. The van der Waals surface area contributed by atoms with Crippen LogP contribution in [-0.2, 0) is 4.79 Å². The summed E-state index contributed by atoms with van der Waals surface area (Å²) in [5, 5.41) is 10.4. The van der Waals surface area contributed by atoms with Gasteiger partial charge in [0.15, 0.2) is 0 Å². The predicted molar refractivity (Wildman–Crippen MR) is 55.3 cm³/mol. The molecule has 0 radical (unpaired) electrons. The summed E-state index contributed by atoms with van der Waals surface area (Å²) >= 11 is 0. The molecule has 1 fully saturated rings. The lowest BCUT2D eigenvalue weighted by molar-refractivity contribution is -0.124. The van der Waals surface area contributed by atoms with E-state index in [1.807, 2.05) is 0 Å². The normalized spacial score (nSPS) is 17.7. The Bertz CT molecular complexity index is 231. The summed E-state index contributed by atoms with van der Waals surface area (Å²) in [5.41, 5.74) is 0. The van der Waals surface area contributed by atoms with Crippen LogP contribution in [0.3, 0.4) is 0 Å². The molecule has 1 aliphatic heterocycles. The number of aliphatic hydroxyl groups is 1. The molecule has 1 heterocycles. The third-order valence-electron chi connectivity index (χ3n) is 2.63. The molecule has 0 aromatic rings. The Morgan fingerprint density at radius 2 is 2.00 bits per heavy atom. The maximum atomic E-state index is 12.6. The topological polar surface area (TPSA) is 52.6 Å². The molecule has 94 valence electrons. The largest absolute Gasteiger partial charge is 0.390 e. The van der Waals surface area contributed by atoms with Gasteiger partial charge in [-0.1, -0.05) is 0 Å². The van der Waals surface area contributed by atoms with Crippen LogP contribution in [0.2, 0.25) is 0 Å². The van der Waals surface area contributed by atoms with Crippen LogP contribution in [0.1, 0.15) is 19.3 Å². The van der Waals surface area contributed by atoms with Gasteiger partial charge in [0.25, 0.3) is 5.92 Å². The molecule has 4 nitrogen and oxygen atoms in total. The molecule has 0 spiro atoms. The van der Waals surface area contributed by atoms with Gasteiger partial charge in [-0.15, -0.1) is 0 Å². The van der Waals surface area contributed by atoms with E-state index in [0.29, 0.717) is 6.54 Å². The zero-order valence-electron chi connectivity index (χ0n) is 9.22. The molecule has 1 saturated heterocycles. The molecular weight excluding hydrogens is 218 g/mol. The molecule has 1 rings (SSSR count). The molecule has 0 saturated carbocycles. The maximum absolute atomic E-state index is 12.6. The van der Waals surface area contributed by atoms with E-state index < -0.39 is 19.1 Å². The van der Waals surface area contributed by atoms with E-state index in [9.17, 15) is 13.6 Å². The van der Waals surface area contributed by atoms with E-state index in [-0.39, 0.29) is 12.3 Å². The summed E-state index contributed by atoms with van der Waals surface area (Å²) in [7, 11) is 0. The van der Waals surface area contributed by atoms with Crippen molar-refractivity contribution in [2.75, 3.05) is 32.8 Å². The first kappa shape index (κ1) is 13.3. The average Bonchev–Trinajstić information content (AvgIpc) is 2.76. The van der Waals surface area contributed by atoms with Crippen molar-refractivity contribution in [2.24, 2.45) is 0 Å². The van der Waals surface area contributed by atoms with Crippen LogP contribution in [0.25, 0.3) is 0 Å². The summed E-state index contributed by atoms with van der Waals surface area (Å²) in [5.74, 6) is -3.61. The molecule has 16 heavy (non-hydrogen) atoms. The van der Waals surface area contributed by atoms with Crippen LogP contribution >= 0.6 is 0 Å². The summed E-state index contributed by atoms with van der Waals surface area (Å²) in [6.45, 7) is 0.568. The van der Waals surface area contributed by atoms with Crippen molar-refractivity contribution in [1.29, 1.82) is 0 Å². The number of hydrogen-bond acceptors (Lipinski definition) is 3. The van der Waals surface area contributed by atoms with Gasteiger partial charge >= 0.3 is 0 Å². The number of rotatable bonds is 6. The molecule has 1 aliphatic rings. The molecule has 0 aliphatic carbocycles. The van der Waals surface area contributed by atoms with Crippen molar-refractivity contribution in [1.82, 2.24) is 10.2 Å². The highest BCUT2D eigenvalue weighted by molar-refractivity contribution is 5.76. The second kappa shape index (κ2) is 6.10.